The van der Waals surface area contributed by atoms with Crippen LogP contribution in [0.4, 0.5) is 5.69 Å². The van der Waals surface area contributed by atoms with Gasteiger partial charge in [0.05, 0.1) is 0 Å². The van der Waals surface area contributed by atoms with Crippen LogP contribution in [0.25, 0.3) is 0 Å². The molecule has 5 heteroatoms. The summed E-state index contributed by atoms with van der Waals surface area (Å²) < 4.78 is -0.558. The van der Waals surface area contributed by atoms with Crippen LogP contribution in [0.5, 0.6) is 0 Å². The van der Waals surface area contributed by atoms with Gasteiger partial charge in [0.15, 0.2) is 4.20 Å². The Morgan fingerprint density at radius 2 is 1.68 bits per heavy atom. The van der Waals surface area contributed by atoms with Gasteiger partial charge in [-0.2, -0.15) is 0 Å². The van der Waals surface area contributed by atoms with Crippen molar-refractivity contribution in [1.29, 1.82) is 0 Å². The zero-order valence-corrected chi connectivity index (χ0v) is 13.1. The smallest absolute Gasteiger partial charge is 0.246 e. The van der Waals surface area contributed by atoms with Crippen molar-refractivity contribution in [3.63, 3.8) is 0 Å². The first-order valence-corrected chi connectivity index (χ1v) is 8.41. The summed E-state index contributed by atoms with van der Waals surface area (Å²) in [5.74, 6) is -0.191. The predicted molar refractivity (Wildman–Crippen MR) is 82.5 cm³/mol. The van der Waals surface area contributed by atoms with E-state index >= 15 is 0 Å². The number of anilines is 1. The number of amides is 1. The Kier molecular flexibility index (Phi) is 3.71. The van der Waals surface area contributed by atoms with E-state index in [1.165, 1.54) is 6.92 Å². The van der Waals surface area contributed by atoms with Crippen molar-refractivity contribution in [2.24, 2.45) is 5.41 Å². The van der Waals surface area contributed by atoms with Crippen molar-refractivity contribution < 1.29 is 9.59 Å². The number of nitrogens with zero attached hydrogens (tertiary/aromatic N) is 1. The van der Waals surface area contributed by atoms with Crippen LogP contribution in [0, 0.1) is 5.41 Å². The predicted octanol–water partition coefficient (Wildman–Crippen LogP) is 3.01. The lowest BCUT2D eigenvalue weighted by atomic mass is 9.76. The Labute approximate surface area is 122 Å². The highest BCUT2D eigenvalue weighted by molar-refractivity contribution is 8.18. The minimum absolute atomic E-state index is 0.0756. The first-order valence-electron chi connectivity index (χ1n) is 5.96. The number of ketones is 1. The molecule has 3 nitrogen and oxygen atoms in total. The molecular weight excluding hydrogens is 278 g/mol. The first kappa shape index (κ1) is 14.5. The summed E-state index contributed by atoms with van der Waals surface area (Å²) in [7, 11) is 0. The van der Waals surface area contributed by atoms with E-state index in [1.54, 1.807) is 35.3 Å². The summed E-state index contributed by atoms with van der Waals surface area (Å²) >= 11 is 3.10. The Hall–Kier alpha value is -0.940. The molecular formula is C14H17NO2S2. The van der Waals surface area contributed by atoms with Gasteiger partial charge in [-0.25, -0.2) is 0 Å². The Morgan fingerprint density at radius 3 is 2.11 bits per heavy atom. The van der Waals surface area contributed by atoms with Gasteiger partial charge in [-0.1, -0.05) is 18.2 Å². The van der Waals surface area contributed by atoms with E-state index in [0.717, 1.165) is 5.69 Å². The van der Waals surface area contributed by atoms with Crippen LogP contribution in [0.1, 0.15) is 13.8 Å². The average molecular weight is 295 g/mol. The second-order valence-electron chi connectivity index (χ2n) is 4.65. The lowest BCUT2D eigenvalue weighted by Crippen LogP contribution is -2.76. The Morgan fingerprint density at radius 1 is 1.16 bits per heavy atom. The molecule has 1 aromatic carbocycles. The minimum atomic E-state index is -0.957. The van der Waals surface area contributed by atoms with Crippen molar-refractivity contribution in [3.05, 3.63) is 30.3 Å². The SMILES string of the molecule is CSC1(SC)N(c2ccccc2)C(=O)C1(C)C(C)=O. The van der Waals surface area contributed by atoms with Crippen molar-refractivity contribution in [2.75, 3.05) is 17.4 Å². The van der Waals surface area contributed by atoms with Gasteiger partial charge in [-0.05, 0) is 38.5 Å². The van der Waals surface area contributed by atoms with Crippen LogP contribution in [-0.2, 0) is 9.59 Å². The third-order valence-corrected chi connectivity index (χ3v) is 7.12. The zero-order valence-electron chi connectivity index (χ0n) is 11.5. The summed E-state index contributed by atoms with van der Waals surface area (Å²) in [6.07, 6.45) is 3.89. The number of hydrogen-bond acceptors (Lipinski definition) is 4. The highest BCUT2D eigenvalue weighted by Gasteiger charge is 2.71. The third kappa shape index (κ3) is 1.68. The molecule has 0 aromatic heterocycles. The van der Waals surface area contributed by atoms with Gasteiger partial charge >= 0.3 is 0 Å². The van der Waals surface area contributed by atoms with E-state index in [-0.39, 0.29) is 11.7 Å². The van der Waals surface area contributed by atoms with Crippen LogP contribution in [0.3, 0.4) is 0 Å². The topological polar surface area (TPSA) is 37.4 Å². The molecule has 0 saturated carbocycles. The van der Waals surface area contributed by atoms with Crippen LogP contribution in [0.2, 0.25) is 0 Å². The average Bonchev–Trinajstić information content (AvgIpc) is 2.43. The summed E-state index contributed by atoms with van der Waals surface area (Å²) in [6, 6.07) is 9.52. The molecule has 1 aliphatic heterocycles. The van der Waals surface area contributed by atoms with E-state index in [0.29, 0.717) is 0 Å². The number of Topliss-reactive ketones (excluding diaryl/α,β-unsaturated/α-hetero) is 1. The van der Waals surface area contributed by atoms with Crippen LogP contribution in [0.15, 0.2) is 30.3 Å². The van der Waals surface area contributed by atoms with Crippen molar-refractivity contribution in [3.8, 4) is 0 Å². The molecule has 1 aliphatic rings. The molecule has 0 spiro atoms. The zero-order chi connectivity index (χ0) is 14.3. The van der Waals surface area contributed by atoms with Gasteiger partial charge in [-0.3, -0.25) is 14.5 Å². The molecule has 0 aliphatic carbocycles. The Bertz CT molecular complexity index is 513. The van der Waals surface area contributed by atoms with Crippen molar-refractivity contribution in [2.45, 2.75) is 18.1 Å². The lowest BCUT2D eigenvalue weighted by molar-refractivity contribution is -0.146. The fraction of sp³-hybridized carbons (Fsp3) is 0.429. The quantitative estimate of drug-likeness (QED) is 0.486. The summed E-state index contributed by atoms with van der Waals surface area (Å²) in [4.78, 5) is 26.3. The molecule has 1 atom stereocenters. The fourth-order valence-corrected chi connectivity index (χ4v) is 5.26. The largest absolute Gasteiger partial charge is 0.299 e. The number of benzene rings is 1. The van der Waals surface area contributed by atoms with E-state index in [2.05, 4.69) is 0 Å². The molecule has 19 heavy (non-hydrogen) atoms. The monoisotopic (exact) mass is 295 g/mol. The van der Waals surface area contributed by atoms with Crippen LogP contribution < -0.4 is 4.90 Å². The number of carbonyl (C=O) groups is 2. The number of hydrogen-bond donors (Lipinski definition) is 0. The highest BCUT2D eigenvalue weighted by atomic mass is 32.2. The fourth-order valence-electron chi connectivity index (χ4n) is 2.57. The van der Waals surface area contributed by atoms with Gasteiger partial charge < -0.3 is 0 Å². The molecule has 0 bridgehead atoms. The normalized spacial score (nSPS) is 25.1. The lowest BCUT2D eigenvalue weighted by Gasteiger charge is -2.60. The van der Waals surface area contributed by atoms with E-state index in [4.69, 9.17) is 0 Å². The molecule has 1 heterocycles. The van der Waals surface area contributed by atoms with Crippen molar-refractivity contribution in [1.82, 2.24) is 0 Å². The van der Waals surface area contributed by atoms with Gasteiger partial charge in [-0.15, -0.1) is 23.5 Å². The van der Waals surface area contributed by atoms with Gasteiger partial charge in [0.2, 0.25) is 5.91 Å². The molecule has 1 unspecified atom stereocenters. The summed E-state index contributed by atoms with van der Waals surface area (Å²) in [5.41, 5.74) is -0.114. The second-order valence-corrected chi connectivity index (χ2v) is 6.90. The number of β-lactam (4-membered cyclic amide) rings is 1. The summed E-state index contributed by atoms with van der Waals surface area (Å²) in [5, 5.41) is 0. The maximum Gasteiger partial charge on any atom is 0.246 e. The molecule has 0 radical (unpaired) electrons. The van der Waals surface area contributed by atoms with Gasteiger partial charge in [0, 0.05) is 5.69 Å². The molecule has 1 fully saturated rings. The van der Waals surface area contributed by atoms with Crippen molar-refractivity contribution >= 4 is 40.9 Å². The Balaban J connectivity index is 2.53. The number of thioether (sulfide) groups is 2. The maximum atomic E-state index is 12.5. The summed E-state index contributed by atoms with van der Waals surface area (Å²) in [6.45, 7) is 3.26. The molecule has 0 N–H and O–H groups in total. The highest BCUT2D eigenvalue weighted by Crippen LogP contribution is 2.61. The minimum Gasteiger partial charge on any atom is -0.299 e. The van der Waals surface area contributed by atoms with E-state index in [9.17, 15) is 9.59 Å². The van der Waals surface area contributed by atoms with Gasteiger partial charge in [0.1, 0.15) is 11.2 Å². The molecule has 1 saturated heterocycles. The van der Waals surface area contributed by atoms with Crippen LogP contribution in [-0.4, -0.2) is 28.4 Å². The molecule has 2 rings (SSSR count). The second kappa shape index (κ2) is 4.87. The van der Waals surface area contributed by atoms with Gasteiger partial charge in [0.25, 0.3) is 0 Å². The standard InChI is InChI=1S/C14H17NO2S2/c1-10(16)13(2)12(17)15(14(13,18-3)19-4)11-8-6-5-7-9-11/h5-9H,1-4H3. The number of rotatable bonds is 4. The number of para-hydroxylation sites is 1. The molecule has 1 amide bonds. The maximum absolute atomic E-state index is 12.5. The number of carbonyl (C=O) groups excluding carboxylic acids is 2. The van der Waals surface area contributed by atoms with E-state index in [1.807, 2.05) is 42.8 Å². The third-order valence-electron chi connectivity index (χ3n) is 3.83. The van der Waals surface area contributed by atoms with E-state index < -0.39 is 9.62 Å². The first-order chi connectivity index (χ1) is 8.95. The molecule has 1 aromatic rings. The van der Waals surface area contributed by atoms with Crippen LogP contribution >= 0.6 is 23.5 Å². The molecule has 102 valence electrons.